The molecule has 35 heavy (non-hydrogen) atoms. The van der Waals surface area contributed by atoms with E-state index in [1.165, 1.54) is 4.68 Å². The molecule has 0 aliphatic carbocycles. The Morgan fingerprint density at radius 1 is 1.00 bits per heavy atom. The SMILES string of the molecule is CC(c1nc(-c2ccccc2)no1)N1CCN(C(=O)CCn2[nH]c(=O)c3ccccc3c2=O)CC1. The highest BCUT2D eigenvalue weighted by Crippen LogP contribution is 2.23. The lowest BCUT2D eigenvalue weighted by molar-refractivity contribution is -0.133. The lowest BCUT2D eigenvalue weighted by Crippen LogP contribution is -2.49. The van der Waals surface area contributed by atoms with Gasteiger partial charge in [0.1, 0.15) is 0 Å². The Kier molecular flexibility index (Phi) is 6.28. The van der Waals surface area contributed by atoms with Gasteiger partial charge in [-0.3, -0.25) is 24.4 Å². The predicted octanol–water partition coefficient (Wildman–Crippen LogP) is 2.04. The van der Waals surface area contributed by atoms with Crippen LogP contribution in [0, 0.1) is 0 Å². The van der Waals surface area contributed by atoms with Gasteiger partial charge in [-0.25, -0.2) is 4.68 Å². The molecule has 0 spiro atoms. The summed E-state index contributed by atoms with van der Waals surface area (Å²) in [5, 5.41) is 7.38. The predicted molar refractivity (Wildman–Crippen MR) is 130 cm³/mol. The van der Waals surface area contributed by atoms with Crippen molar-refractivity contribution in [3.05, 3.63) is 81.2 Å². The van der Waals surface area contributed by atoms with Gasteiger partial charge in [-0.2, -0.15) is 4.98 Å². The van der Waals surface area contributed by atoms with E-state index in [9.17, 15) is 14.4 Å². The number of H-pyrrole nitrogens is 1. The molecule has 10 heteroatoms. The third-order valence-corrected chi connectivity index (χ3v) is 6.48. The Balaban J connectivity index is 1.17. The van der Waals surface area contributed by atoms with E-state index < -0.39 is 0 Å². The van der Waals surface area contributed by atoms with Crippen molar-refractivity contribution in [2.24, 2.45) is 0 Å². The molecule has 2 aromatic heterocycles. The number of aromatic nitrogens is 4. The van der Waals surface area contributed by atoms with Crippen molar-refractivity contribution >= 4 is 16.7 Å². The first-order valence-corrected chi connectivity index (χ1v) is 11.6. The number of nitrogens with zero attached hydrogens (tertiary/aromatic N) is 5. The summed E-state index contributed by atoms with van der Waals surface area (Å²) in [6, 6.07) is 16.3. The Hall–Kier alpha value is -4.05. The highest BCUT2D eigenvalue weighted by molar-refractivity contribution is 5.80. The average Bonchev–Trinajstić information content (AvgIpc) is 3.40. The number of hydrogen-bond acceptors (Lipinski definition) is 7. The van der Waals surface area contributed by atoms with Crippen LogP contribution in [0.3, 0.4) is 0 Å². The molecule has 4 aromatic rings. The van der Waals surface area contributed by atoms with Gasteiger partial charge >= 0.3 is 0 Å². The van der Waals surface area contributed by atoms with Crippen LogP contribution in [-0.2, 0) is 11.3 Å². The van der Waals surface area contributed by atoms with Crippen LogP contribution in [-0.4, -0.2) is 61.8 Å². The molecule has 0 radical (unpaired) electrons. The van der Waals surface area contributed by atoms with Crippen LogP contribution in [0.5, 0.6) is 0 Å². The molecule has 1 saturated heterocycles. The highest BCUT2D eigenvalue weighted by atomic mass is 16.5. The fourth-order valence-electron chi connectivity index (χ4n) is 4.39. The number of carbonyl (C=O) groups is 1. The van der Waals surface area contributed by atoms with Crippen LogP contribution < -0.4 is 11.1 Å². The summed E-state index contributed by atoms with van der Waals surface area (Å²) in [4.78, 5) is 46.3. The highest BCUT2D eigenvalue weighted by Gasteiger charge is 2.27. The minimum absolute atomic E-state index is 0.0534. The van der Waals surface area contributed by atoms with Gasteiger partial charge in [0.15, 0.2) is 0 Å². The van der Waals surface area contributed by atoms with Gasteiger partial charge < -0.3 is 9.42 Å². The van der Waals surface area contributed by atoms with E-state index in [1.54, 1.807) is 29.2 Å². The maximum atomic E-state index is 12.8. The van der Waals surface area contributed by atoms with Crippen LogP contribution in [0.25, 0.3) is 22.2 Å². The van der Waals surface area contributed by atoms with E-state index in [0.29, 0.717) is 48.7 Å². The molecule has 1 atom stereocenters. The van der Waals surface area contributed by atoms with E-state index in [0.717, 1.165) is 5.56 Å². The molecule has 1 aliphatic rings. The van der Waals surface area contributed by atoms with Gasteiger partial charge in [-0.05, 0) is 19.1 Å². The lowest BCUT2D eigenvalue weighted by Gasteiger charge is -2.36. The van der Waals surface area contributed by atoms with Crippen molar-refractivity contribution in [3.63, 3.8) is 0 Å². The van der Waals surface area contributed by atoms with Gasteiger partial charge in [0.05, 0.1) is 23.4 Å². The summed E-state index contributed by atoms with van der Waals surface area (Å²) in [5.74, 6) is 1.05. The Morgan fingerprint density at radius 2 is 1.69 bits per heavy atom. The maximum Gasteiger partial charge on any atom is 0.273 e. The van der Waals surface area contributed by atoms with Gasteiger partial charge in [-0.15, -0.1) is 0 Å². The molecule has 3 heterocycles. The molecule has 1 amide bonds. The molecule has 0 saturated carbocycles. The van der Waals surface area contributed by atoms with E-state index in [-0.39, 0.29) is 36.0 Å². The van der Waals surface area contributed by atoms with Crippen molar-refractivity contribution in [1.82, 2.24) is 29.7 Å². The minimum Gasteiger partial charge on any atom is -0.340 e. The van der Waals surface area contributed by atoms with E-state index in [2.05, 4.69) is 20.1 Å². The Morgan fingerprint density at radius 3 is 2.43 bits per heavy atom. The van der Waals surface area contributed by atoms with Crippen LogP contribution in [0.2, 0.25) is 0 Å². The fourth-order valence-corrected chi connectivity index (χ4v) is 4.39. The summed E-state index contributed by atoms with van der Waals surface area (Å²) in [6.45, 7) is 4.60. The van der Waals surface area contributed by atoms with Crippen LogP contribution in [0.1, 0.15) is 25.3 Å². The van der Waals surface area contributed by atoms with Crippen molar-refractivity contribution in [3.8, 4) is 11.4 Å². The number of fused-ring (bicyclic) bond motifs is 1. The second kappa shape index (κ2) is 9.67. The monoisotopic (exact) mass is 474 g/mol. The number of aryl methyl sites for hydroxylation is 1. The number of rotatable bonds is 6. The summed E-state index contributed by atoms with van der Waals surface area (Å²) in [6.07, 6.45) is 0.133. The smallest absolute Gasteiger partial charge is 0.273 e. The number of piperazine rings is 1. The first-order valence-electron chi connectivity index (χ1n) is 11.6. The molecule has 5 rings (SSSR count). The standard InChI is InChI=1S/C25H26N6O4/c1-17(24-26-22(28-35-24)18-7-3-2-4-8-18)29-13-15-30(16-14-29)21(32)11-12-31-25(34)20-10-6-5-9-19(20)23(33)27-31/h2-10,17H,11-16H2,1H3,(H,27,33). The van der Waals surface area contributed by atoms with Crippen molar-refractivity contribution in [2.45, 2.75) is 25.9 Å². The Labute approximate surface area is 200 Å². The summed E-state index contributed by atoms with van der Waals surface area (Å²) in [7, 11) is 0. The third kappa shape index (κ3) is 4.65. The van der Waals surface area contributed by atoms with Crippen LogP contribution >= 0.6 is 0 Å². The van der Waals surface area contributed by atoms with Crippen LogP contribution in [0.4, 0.5) is 0 Å². The number of carbonyl (C=O) groups excluding carboxylic acids is 1. The van der Waals surface area contributed by atoms with Gasteiger partial charge in [0.2, 0.25) is 17.6 Å². The van der Waals surface area contributed by atoms with Crippen molar-refractivity contribution in [1.29, 1.82) is 0 Å². The molecule has 10 nitrogen and oxygen atoms in total. The molecular weight excluding hydrogens is 448 g/mol. The normalized spacial score (nSPS) is 15.4. The third-order valence-electron chi connectivity index (χ3n) is 6.48. The molecule has 0 bridgehead atoms. The number of hydrogen-bond donors (Lipinski definition) is 1. The zero-order chi connectivity index (χ0) is 24.4. The van der Waals surface area contributed by atoms with Gasteiger partial charge in [-0.1, -0.05) is 47.6 Å². The molecule has 2 aromatic carbocycles. The molecule has 1 aliphatic heterocycles. The molecular formula is C25H26N6O4. The van der Waals surface area contributed by atoms with Crippen molar-refractivity contribution < 1.29 is 9.32 Å². The van der Waals surface area contributed by atoms with E-state index in [4.69, 9.17) is 4.52 Å². The Bertz CT molecular complexity index is 1450. The lowest BCUT2D eigenvalue weighted by atomic mass is 10.2. The number of amides is 1. The first-order chi connectivity index (χ1) is 17.0. The topological polar surface area (TPSA) is 117 Å². The van der Waals surface area contributed by atoms with Crippen LogP contribution in [0.15, 0.2) is 68.7 Å². The second-order valence-electron chi connectivity index (χ2n) is 8.61. The largest absolute Gasteiger partial charge is 0.340 e. The molecule has 180 valence electrons. The van der Waals surface area contributed by atoms with Crippen molar-refractivity contribution in [2.75, 3.05) is 26.2 Å². The summed E-state index contributed by atoms with van der Waals surface area (Å²) >= 11 is 0. The molecule has 1 unspecified atom stereocenters. The molecule has 1 N–H and O–H groups in total. The summed E-state index contributed by atoms with van der Waals surface area (Å²) in [5.41, 5.74) is 0.254. The number of aromatic amines is 1. The maximum absolute atomic E-state index is 12.8. The first kappa shape index (κ1) is 22.7. The average molecular weight is 475 g/mol. The minimum atomic E-state index is -0.341. The van der Waals surface area contributed by atoms with E-state index in [1.807, 2.05) is 37.3 Å². The molecule has 1 fully saturated rings. The zero-order valence-electron chi connectivity index (χ0n) is 19.4. The quantitative estimate of drug-likeness (QED) is 0.454. The second-order valence-corrected chi connectivity index (χ2v) is 8.61. The zero-order valence-corrected chi connectivity index (χ0v) is 19.4. The van der Waals surface area contributed by atoms with Gasteiger partial charge in [0, 0.05) is 38.2 Å². The fraction of sp³-hybridized carbons (Fsp3) is 0.320. The summed E-state index contributed by atoms with van der Waals surface area (Å²) < 4.78 is 6.73. The van der Waals surface area contributed by atoms with Gasteiger partial charge in [0.25, 0.3) is 11.1 Å². The number of benzene rings is 2. The van der Waals surface area contributed by atoms with E-state index >= 15 is 0 Å². The number of nitrogens with one attached hydrogen (secondary N) is 1.